The maximum Gasteiger partial charge on any atom is 0.417 e. The molecular formula is C20H10F9NO. The molecule has 2 nitrogen and oxygen atoms in total. The van der Waals surface area contributed by atoms with E-state index in [0.29, 0.717) is 10.9 Å². The van der Waals surface area contributed by atoms with E-state index in [4.69, 9.17) is 0 Å². The van der Waals surface area contributed by atoms with Gasteiger partial charge in [0, 0.05) is 22.7 Å². The summed E-state index contributed by atoms with van der Waals surface area (Å²) in [6, 6.07) is 4.91. The van der Waals surface area contributed by atoms with Gasteiger partial charge in [-0.25, -0.2) is 0 Å². The monoisotopic (exact) mass is 451 g/mol. The van der Waals surface area contributed by atoms with E-state index >= 15 is 0 Å². The molecule has 0 bridgehead atoms. The Balaban J connectivity index is 2.17. The van der Waals surface area contributed by atoms with E-state index in [1.807, 2.05) is 0 Å². The van der Waals surface area contributed by atoms with Gasteiger partial charge in [0.15, 0.2) is 5.78 Å². The molecule has 3 aromatic rings. The topological polar surface area (TPSA) is 32.9 Å². The summed E-state index contributed by atoms with van der Waals surface area (Å²) in [4.78, 5) is 15.2. The number of H-pyrrole nitrogens is 1. The molecule has 164 valence electrons. The number of hydrogen-bond donors (Lipinski definition) is 1. The standard InChI is InChI=1S/C20H10F9NO/c21-18(22,23)13-6-12(7-14(8-13)19(24,25)26)15(20(27,28)29)9-17(31)11-1-2-16-10(5-11)3-4-30-16/h1-9,30H. The third-order valence-electron chi connectivity index (χ3n) is 4.32. The first-order valence-corrected chi connectivity index (χ1v) is 8.36. The molecule has 0 aliphatic rings. The zero-order valence-electron chi connectivity index (χ0n) is 15.0. The molecule has 31 heavy (non-hydrogen) atoms. The molecule has 3 rings (SSSR count). The molecule has 0 fully saturated rings. The molecule has 0 atom stereocenters. The van der Waals surface area contributed by atoms with E-state index in [2.05, 4.69) is 4.98 Å². The van der Waals surface area contributed by atoms with Crippen molar-refractivity contribution in [2.75, 3.05) is 0 Å². The van der Waals surface area contributed by atoms with Crippen LogP contribution in [0.4, 0.5) is 39.5 Å². The summed E-state index contributed by atoms with van der Waals surface area (Å²) in [6.07, 6.45) is -14.6. The number of carbonyl (C=O) groups excluding carboxylic acids is 1. The summed E-state index contributed by atoms with van der Waals surface area (Å²) in [5.41, 5.74) is -6.85. The maximum absolute atomic E-state index is 13.6. The van der Waals surface area contributed by atoms with Crippen LogP contribution >= 0.6 is 0 Å². The van der Waals surface area contributed by atoms with Gasteiger partial charge in [0.25, 0.3) is 0 Å². The molecule has 0 saturated carbocycles. The first kappa shape index (κ1) is 22.4. The minimum Gasteiger partial charge on any atom is -0.361 e. The van der Waals surface area contributed by atoms with Gasteiger partial charge < -0.3 is 4.98 Å². The lowest BCUT2D eigenvalue weighted by Crippen LogP contribution is -2.16. The van der Waals surface area contributed by atoms with Crippen molar-refractivity contribution in [2.45, 2.75) is 18.5 Å². The molecule has 0 saturated heterocycles. The molecule has 0 amide bonds. The smallest absolute Gasteiger partial charge is 0.361 e. The number of hydrogen-bond acceptors (Lipinski definition) is 1. The lowest BCUT2D eigenvalue weighted by atomic mass is 9.96. The van der Waals surface area contributed by atoms with Gasteiger partial charge in [-0.3, -0.25) is 4.79 Å². The van der Waals surface area contributed by atoms with Crippen molar-refractivity contribution in [3.63, 3.8) is 0 Å². The first-order valence-electron chi connectivity index (χ1n) is 8.36. The number of alkyl halides is 9. The average Bonchev–Trinajstić information content (AvgIpc) is 3.11. The van der Waals surface area contributed by atoms with Crippen LogP contribution in [0.2, 0.25) is 0 Å². The van der Waals surface area contributed by atoms with Crippen LogP contribution in [0.5, 0.6) is 0 Å². The molecule has 11 heteroatoms. The summed E-state index contributed by atoms with van der Waals surface area (Å²) >= 11 is 0. The van der Waals surface area contributed by atoms with Gasteiger partial charge in [0.2, 0.25) is 0 Å². The summed E-state index contributed by atoms with van der Waals surface area (Å²) in [5.74, 6) is -1.23. The van der Waals surface area contributed by atoms with Crippen LogP contribution in [0.25, 0.3) is 16.5 Å². The summed E-state index contributed by atoms with van der Waals surface area (Å²) in [5, 5.41) is 0.478. The number of aromatic nitrogens is 1. The van der Waals surface area contributed by atoms with Crippen LogP contribution < -0.4 is 0 Å². The molecule has 0 unspecified atom stereocenters. The normalized spacial score (nSPS) is 13.6. The third kappa shape index (κ3) is 4.92. The molecule has 0 radical (unpaired) electrons. The minimum atomic E-state index is -5.40. The quantitative estimate of drug-likeness (QED) is 0.259. The van der Waals surface area contributed by atoms with Crippen molar-refractivity contribution in [1.82, 2.24) is 4.98 Å². The van der Waals surface area contributed by atoms with Crippen molar-refractivity contribution >= 4 is 22.3 Å². The van der Waals surface area contributed by atoms with E-state index in [1.165, 1.54) is 30.5 Å². The number of aromatic amines is 1. The molecule has 0 aliphatic heterocycles. The van der Waals surface area contributed by atoms with E-state index in [9.17, 15) is 44.3 Å². The number of nitrogens with one attached hydrogen (secondary N) is 1. The molecule has 1 heterocycles. The highest BCUT2D eigenvalue weighted by molar-refractivity contribution is 6.10. The van der Waals surface area contributed by atoms with Gasteiger partial charge in [0.1, 0.15) is 0 Å². The molecular weight excluding hydrogens is 441 g/mol. The first-order chi connectivity index (χ1) is 14.2. The Bertz CT molecular complexity index is 1130. The maximum atomic E-state index is 13.6. The Morgan fingerprint density at radius 2 is 1.32 bits per heavy atom. The molecule has 1 N–H and O–H groups in total. The number of halogens is 9. The van der Waals surface area contributed by atoms with Crippen LogP contribution in [0.1, 0.15) is 27.0 Å². The highest BCUT2D eigenvalue weighted by Gasteiger charge is 2.41. The Morgan fingerprint density at radius 3 is 1.84 bits per heavy atom. The second-order valence-electron chi connectivity index (χ2n) is 6.49. The Hall–Kier alpha value is -3.24. The Kier molecular flexibility index (Phi) is 5.41. The lowest BCUT2D eigenvalue weighted by molar-refractivity contribution is -0.143. The minimum absolute atomic E-state index is 0.0105. The average molecular weight is 451 g/mol. The molecule has 2 aromatic carbocycles. The van der Waals surface area contributed by atoms with Gasteiger partial charge in [-0.05, 0) is 54.1 Å². The zero-order chi connectivity index (χ0) is 23.2. The summed E-state index contributed by atoms with van der Waals surface area (Å²) < 4.78 is 119. The van der Waals surface area contributed by atoms with Crippen LogP contribution in [-0.2, 0) is 12.4 Å². The SMILES string of the molecule is O=C(C=C(c1cc(C(F)(F)F)cc(C(F)(F)F)c1)C(F)(F)F)c1ccc2[nH]ccc2c1. The highest BCUT2D eigenvalue weighted by atomic mass is 19.4. The third-order valence-corrected chi connectivity index (χ3v) is 4.32. The van der Waals surface area contributed by atoms with E-state index in [-0.39, 0.29) is 29.8 Å². The summed E-state index contributed by atoms with van der Waals surface area (Å²) in [7, 11) is 0. The number of fused-ring (bicyclic) bond motifs is 1. The van der Waals surface area contributed by atoms with Crippen LogP contribution in [0.3, 0.4) is 0 Å². The van der Waals surface area contributed by atoms with Crippen LogP contribution in [0.15, 0.2) is 54.7 Å². The van der Waals surface area contributed by atoms with Crippen molar-refractivity contribution in [2.24, 2.45) is 0 Å². The molecule has 1 aromatic heterocycles. The highest BCUT2D eigenvalue weighted by Crippen LogP contribution is 2.41. The molecule has 0 aliphatic carbocycles. The number of rotatable bonds is 3. The number of ketones is 1. The fourth-order valence-electron chi connectivity index (χ4n) is 2.86. The largest absolute Gasteiger partial charge is 0.417 e. The second-order valence-corrected chi connectivity index (χ2v) is 6.49. The predicted molar refractivity (Wildman–Crippen MR) is 93.1 cm³/mol. The van der Waals surface area contributed by atoms with Crippen molar-refractivity contribution < 1.29 is 44.3 Å². The number of benzene rings is 2. The Labute approximate surface area is 168 Å². The van der Waals surface area contributed by atoms with Gasteiger partial charge in [-0.15, -0.1) is 0 Å². The van der Waals surface area contributed by atoms with E-state index < -0.39 is 46.6 Å². The fraction of sp³-hybridized carbons (Fsp3) is 0.150. The van der Waals surface area contributed by atoms with E-state index in [1.54, 1.807) is 0 Å². The lowest BCUT2D eigenvalue weighted by Gasteiger charge is -2.17. The molecule has 0 spiro atoms. The van der Waals surface area contributed by atoms with Crippen molar-refractivity contribution in [3.05, 3.63) is 77.0 Å². The van der Waals surface area contributed by atoms with Gasteiger partial charge >= 0.3 is 18.5 Å². The van der Waals surface area contributed by atoms with Crippen LogP contribution in [-0.4, -0.2) is 16.9 Å². The predicted octanol–water partition coefficient (Wildman–Crippen LogP) is 7.03. The van der Waals surface area contributed by atoms with Gasteiger partial charge in [0.05, 0.1) is 16.7 Å². The van der Waals surface area contributed by atoms with Crippen molar-refractivity contribution in [3.8, 4) is 0 Å². The Morgan fingerprint density at radius 1 is 0.742 bits per heavy atom. The van der Waals surface area contributed by atoms with Gasteiger partial charge in [-0.1, -0.05) is 0 Å². The number of allylic oxidation sites excluding steroid dienone is 2. The van der Waals surface area contributed by atoms with E-state index in [0.717, 1.165) is 0 Å². The summed E-state index contributed by atoms with van der Waals surface area (Å²) in [6.45, 7) is 0. The van der Waals surface area contributed by atoms with Gasteiger partial charge in [-0.2, -0.15) is 39.5 Å². The van der Waals surface area contributed by atoms with Crippen LogP contribution in [0, 0.1) is 0 Å². The fourth-order valence-corrected chi connectivity index (χ4v) is 2.86. The zero-order valence-corrected chi connectivity index (χ0v) is 15.0. The second kappa shape index (κ2) is 7.47. The number of carbonyl (C=O) groups is 1. The van der Waals surface area contributed by atoms with Crippen molar-refractivity contribution in [1.29, 1.82) is 0 Å².